The third-order valence-electron chi connectivity index (χ3n) is 6.27. The van der Waals surface area contributed by atoms with Gasteiger partial charge in [0.1, 0.15) is 12.2 Å². The van der Waals surface area contributed by atoms with E-state index in [1.807, 2.05) is 43.6 Å². The predicted octanol–water partition coefficient (Wildman–Crippen LogP) is 1.76. The lowest BCUT2D eigenvalue weighted by Crippen LogP contribution is -2.33. The maximum atomic E-state index is 12.8. The second-order valence-electron chi connectivity index (χ2n) is 8.24. The van der Waals surface area contributed by atoms with Crippen molar-refractivity contribution in [3.05, 3.63) is 64.8 Å². The Bertz CT molecular complexity index is 1140. The van der Waals surface area contributed by atoms with E-state index in [4.69, 9.17) is 9.47 Å². The first-order chi connectivity index (χ1) is 15.1. The molecular formula is C23H26N4O4. The number of likely N-dealkylation sites (tertiary alicyclic amines) is 1. The molecule has 1 amide bonds. The number of hydrogen-bond acceptors (Lipinski definition) is 5. The molecule has 2 aliphatic heterocycles. The average molecular weight is 422 g/mol. The molecule has 0 bridgehead atoms. The molecule has 31 heavy (non-hydrogen) atoms. The van der Waals surface area contributed by atoms with Crippen molar-refractivity contribution in [3.8, 4) is 0 Å². The fourth-order valence-electron chi connectivity index (χ4n) is 4.49. The van der Waals surface area contributed by atoms with Crippen molar-refractivity contribution in [1.29, 1.82) is 0 Å². The standard InChI is InChI=1S/C23H26N4O4/c1-16-5-4-8-23(29)26(16)10-9-22(28)25-11-20-21(12-25)31-14-17(13-30-20)27-15-24-18-6-2-3-7-19(18)27/h2-8,15,17,20-21H,9-14H2,1H3/t20-,21-/m0/s1. The van der Waals surface area contributed by atoms with E-state index < -0.39 is 0 Å². The fraction of sp³-hybridized carbons (Fsp3) is 0.435. The molecule has 0 unspecified atom stereocenters. The van der Waals surface area contributed by atoms with Crippen molar-refractivity contribution in [2.45, 2.75) is 38.1 Å². The molecule has 0 N–H and O–H groups in total. The molecule has 8 nitrogen and oxygen atoms in total. The highest BCUT2D eigenvalue weighted by Crippen LogP contribution is 2.26. The van der Waals surface area contributed by atoms with Gasteiger partial charge in [0.05, 0.1) is 36.6 Å². The number of ether oxygens (including phenoxy) is 2. The van der Waals surface area contributed by atoms with Gasteiger partial charge in [0.2, 0.25) is 5.91 Å². The Labute approximate surface area is 180 Å². The molecule has 4 heterocycles. The van der Waals surface area contributed by atoms with E-state index in [1.54, 1.807) is 15.5 Å². The van der Waals surface area contributed by atoms with Crippen LogP contribution in [0, 0.1) is 6.92 Å². The van der Waals surface area contributed by atoms with Crippen molar-refractivity contribution in [1.82, 2.24) is 19.0 Å². The van der Waals surface area contributed by atoms with Gasteiger partial charge in [0.15, 0.2) is 0 Å². The lowest BCUT2D eigenvalue weighted by atomic mass is 10.2. The Morgan fingerprint density at radius 2 is 1.81 bits per heavy atom. The Balaban J connectivity index is 1.20. The maximum Gasteiger partial charge on any atom is 0.250 e. The minimum atomic E-state index is -0.134. The monoisotopic (exact) mass is 422 g/mol. The molecule has 2 fully saturated rings. The number of fused-ring (bicyclic) bond motifs is 2. The molecule has 8 heteroatoms. The van der Waals surface area contributed by atoms with Crippen molar-refractivity contribution in [2.24, 2.45) is 0 Å². The van der Waals surface area contributed by atoms with Crippen molar-refractivity contribution in [3.63, 3.8) is 0 Å². The highest BCUT2D eigenvalue weighted by atomic mass is 16.6. The number of nitrogens with zero attached hydrogens (tertiary/aromatic N) is 4. The molecule has 0 spiro atoms. The second-order valence-corrected chi connectivity index (χ2v) is 8.24. The summed E-state index contributed by atoms with van der Waals surface area (Å²) in [4.78, 5) is 31.0. The summed E-state index contributed by atoms with van der Waals surface area (Å²) < 4.78 is 16.1. The van der Waals surface area contributed by atoms with E-state index in [0.29, 0.717) is 32.8 Å². The van der Waals surface area contributed by atoms with Gasteiger partial charge in [-0.15, -0.1) is 0 Å². The van der Waals surface area contributed by atoms with Crippen LogP contribution in [0.2, 0.25) is 0 Å². The number of hydrogen-bond donors (Lipinski definition) is 0. The van der Waals surface area contributed by atoms with Gasteiger partial charge in [0.25, 0.3) is 5.56 Å². The SMILES string of the molecule is Cc1cccc(=O)n1CCC(=O)N1C[C@@H]2OCC(n3cnc4ccccc43)CO[C@H]2C1. The topological polar surface area (TPSA) is 78.6 Å². The average Bonchev–Trinajstić information content (AvgIpc) is 3.33. The van der Waals surface area contributed by atoms with Gasteiger partial charge < -0.3 is 23.5 Å². The van der Waals surface area contributed by atoms with Gasteiger partial charge in [-0.25, -0.2) is 4.98 Å². The van der Waals surface area contributed by atoms with Crippen LogP contribution in [-0.2, 0) is 20.8 Å². The summed E-state index contributed by atoms with van der Waals surface area (Å²) in [5.74, 6) is 0.0209. The molecule has 3 aromatic rings. The Morgan fingerprint density at radius 3 is 2.55 bits per heavy atom. The van der Waals surface area contributed by atoms with Crippen LogP contribution in [0.15, 0.2) is 53.6 Å². The maximum absolute atomic E-state index is 12.8. The largest absolute Gasteiger partial charge is 0.371 e. The minimum Gasteiger partial charge on any atom is -0.371 e. The van der Waals surface area contributed by atoms with Crippen molar-refractivity contribution >= 4 is 16.9 Å². The van der Waals surface area contributed by atoms with Gasteiger partial charge in [-0.1, -0.05) is 18.2 Å². The quantitative estimate of drug-likeness (QED) is 0.640. The summed E-state index contributed by atoms with van der Waals surface area (Å²) in [6.45, 7) is 4.33. The summed E-state index contributed by atoms with van der Waals surface area (Å²) in [6, 6.07) is 13.2. The first kappa shape index (κ1) is 20.0. The number of aromatic nitrogens is 3. The second kappa shape index (κ2) is 8.28. The molecule has 2 aliphatic rings. The van der Waals surface area contributed by atoms with Crippen LogP contribution in [0.5, 0.6) is 0 Å². The number of para-hydroxylation sites is 2. The van der Waals surface area contributed by atoms with Crippen LogP contribution in [0.4, 0.5) is 0 Å². The van der Waals surface area contributed by atoms with Crippen LogP contribution in [-0.4, -0.2) is 63.4 Å². The van der Waals surface area contributed by atoms with Crippen LogP contribution in [0.25, 0.3) is 11.0 Å². The number of carbonyl (C=O) groups excluding carboxylic acids is 1. The molecule has 0 saturated carbocycles. The van der Waals surface area contributed by atoms with Gasteiger partial charge in [-0.3, -0.25) is 9.59 Å². The Kier molecular flexibility index (Phi) is 5.33. The van der Waals surface area contributed by atoms with E-state index in [0.717, 1.165) is 16.7 Å². The van der Waals surface area contributed by atoms with Crippen LogP contribution < -0.4 is 5.56 Å². The lowest BCUT2D eigenvalue weighted by Gasteiger charge is -2.20. The molecule has 2 atom stereocenters. The third kappa shape index (κ3) is 3.88. The molecular weight excluding hydrogens is 396 g/mol. The molecule has 5 rings (SSSR count). The highest BCUT2D eigenvalue weighted by molar-refractivity contribution is 5.76. The minimum absolute atomic E-state index is 0.0209. The smallest absolute Gasteiger partial charge is 0.250 e. The number of amides is 1. The third-order valence-corrected chi connectivity index (χ3v) is 6.27. The highest BCUT2D eigenvalue weighted by Gasteiger charge is 2.39. The summed E-state index contributed by atoms with van der Waals surface area (Å²) in [5, 5.41) is 0. The van der Waals surface area contributed by atoms with Gasteiger partial charge in [-0.05, 0) is 25.1 Å². The van der Waals surface area contributed by atoms with E-state index in [1.165, 1.54) is 6.07 Å². The number of imidazole rings is 1. The van der Waals surface area contributed by atoms with E-state index in [9.17, 15) is 9.59 Å². The number of rotatable bonds is 4. The summed E-state index contributed by atoms with van der Waals surface area (Å²) in [5.41, 5.74) is 2.80. The first-order valence-corrected chi connectivity index (χ1v) is 10.7. The first-order valence-electron chi connectivity index (χ1n) is 10.7. The predicted molar refractivity (Wildman–Crippen MR) is 115 cm³/mol. The van der Waals surface area contributed by atoms with Crippen LogP contribution in [0.1, 0.15) is 18.2 Å². The van der Waals surface area contributed by atoms with Crippen molar-refractivity contribution in [2.75, 3.05) is 26.3 Å². The number of benzene rings is 1. The molecule has 1 aromatic carbocycles. The Hall–Kier alpha value is -2.97. The number of carbonyl (C=O) groups is 1. The molecule has 2 saturated heterocycles. The number of pyridine rings is 1. The molecule has 0 aliphatic carbocycles. The normalized spacial score (nSPS) is 21.9. The zero-order valence-electron chi connectivity index (χ0n) is 17.5. The summed E-state index contributed by atoms with van der Waals surface area (Å²) in [7, 11) is 0. The fourth-order valence-corrected chi connectivity index (χ4v) is 4.49. The number of aryl methyl sites for hydroxylation is 1. The summed E-state index contributed by atoms with van der Waals surface area (Å²) in [6.07, 6.45) is 1.86. The van der Waals surface area contributed by atoms with E-state index in [-0.39, 0.29) is 36.1 Å². The lowest BCUT2D eigenvalue weighted by molar-refractivity contribution is -0.131. The van der Waals surface area contributed by atoms with Crippen molar-refractivity contribution < 1.29 is 14.3 Å². The van der Waals surface area contributed by atoms with E-state index >= 15 is 0 Å². The molecule has 162 valence electrons. The van der Waals surface area contributed by atoms with Gasteiger partial charge in [-0.2, -0.15) is 0 Å². The van der Waals surface area contributed by atoms with E-state index in [2.05, 4.69) is 9.55 Å². The Morgan fingerprint density at radius 1 is 1.06 bits per heavy atom. The zero-order valence-corrected chi connectivity index (χ0v) is 17.5. The van der Waals surface area contributed by atoms with Crippen LogP contribution >= 0.6 is 0 Å². The molecule has 2 aromatic heterocycles. The van der Waals surface area contributed by atoms with Gasteiger partial charge >= 0.3 is 0 Å². The zero-order chi connectivity index (χ0) is 21.4. The summed E-state index contributed by atoms with van der Waals surface area (Å²) >= 11 is 0. The molecule has 0 radical (unpaired) electrons. The van der Waals surface area contributed by atoms with Crippen LogP contribution in [0.3, 0.4) is 0 Å². The van der Waals surface area contributed by atoms with Gasteiger partial charge in [0, 0.05) is 37.8 Å².